The Morgan fingerprint density at radius 3 is 2.46 bits per heavy atom. The van der Waals surface area contributed by atoms with Crippen molar-refractivity contribution in [2.45, 2.75) is 19.6 Å². The summed E-state index contributed by atoms with van der Waals surface area (Å²) in [7, 11) is -2.91. The number of carbonyl (C=O) groups is 2. The second kappa shape index (κ2) is 10.4. The molecule has 1 aliphatic rings. The fraction of sp³-hybridized carbons (Fsp3) is 0.333. The van der Waals surface area contributed by atoms with Crippen molar-refractivity contribution in [3.8, 4) is 0 Å². The molecule has 0 radical (unpaired) electrons. The van der Waals surface area contributed by atoms with E-state index in [-0.39, 0.29) is 23.2 Å². The molecule has 3 aromatic heterocycles. The van der Waals surface area contributed by atoms with E-state index in [1.54, 1.807) is 22.9 Å². The van der Waals surface area contributed by atoms with Crippen molar-refractivity contribution < 1.29 is 41.2 Å². The molecule has 0 atom stereocenters. The third-order valence-corrected chi connectivity index (χ3v) is 6.82. The molecule has 3 aromatic rings. The van der Waals surface area contributed by atoms with Crippen molar-refractivity contribution in [2.24, 2.45) is 0 Å². The fourth-order valence-corrected chi connectivity index (χ4v) is 4.81. The Labute approximate surface area is 198 Å². The monoisotopic (exact) mass is 513 g/mol. The quantitative estimate of drug-likeness (QED) is 0.475. The van der Waals surface area contributed by atoms with Crippen molar-refractivity contribution in [3.05, 3.63) is 59.8 Å². The number of imidazole rings is 1. The first-order valence-electron chi connectivity index (χ1n) is 10.4. The number of aromatic nitrogens is 3. The topological polar surface area (TPSA) is 138 Å². The van der Waals surface area contributed by atoms with Crippen LogP contribution in [0.1, 0.15) is 21.9 Å². The van der Waals surface area contributed by atoms with E-state index in [0.717, 1.165) is 21.7 Å². The number of hydrogen-bond acceptors (Lipinski definition) is 7. The Kier molecular flexibility index (Phi) is 7.75. The number of fused-ring (bicyclic) bond motifs is 1. The maximum atomic E-state index is 12.8. The van der Waals surface area contributed by atoms with Gasteiger partial charge in [-0.25, -0.2) is 18.4 Å². The summed E-state index contributed by atoms with van der Waals surface area (Å²) in [6.07, 6.45) is -1.74. The number of carboxylic acids is 1. The van der Waals surface area contributed by atoms with Crippen molar-refractivity contribution >= 4 is 33.0 Å². The molecule has 188 valence electrons. The minimum absolute atomic E-state index is 0.195. The van der Waals surface area contributed by atoms with Crippen LogP contribution in [-0.2, 0) is 21.2 Å². The number of rotatable bonds is 4. The Hall–Kier alpha value is -3.52. The molecular weight excluding hydrogens is 491 g/mol. The second-order valence-electron chi connectivity index (χ2n) is 7.87. The Morgan fingerprint density at radius 1 is 1.20 bits per heavy atom. The first-order valence-corrected chi connectivity index (χ1v) is 12.2. The third-order valence-electron chi connectivity index (χ3n) is 5.17. The number of anilines is 1. The lowest BCUT2D eigenvalue weighted by Gasteiger charge is -2.22. The van der Waals surface area contributed by atoms with Crippen LogP contribution in [0, 0.1) is 6.92 Å². The van der Waals surface area contributed by atoms with Crippen molar-refractivity contribution in [1.29, 1.82) is 0 Å². The molecule has 4 heterocycles. The first-order chi connectivity index (χ1) is 16.4. The van der Waals surface area contributed by atoms with Crippen LogP contribution >= 0.6 is 0 Å². The van der Waals surface area contributed by atoms with Crippen LogP contribution in [0.3, 0.4) is 0 Å². The molecule has 14 heteroatoms. The Morgan fingerprint density at radius 2 is 1.86 bits per heavy atom. The van der Waals surface area contributed by atoms with E-state index in [9.17, 15) is 26.4 Å². The number of pyridine rings is 2. The summed E-state index contributed by atoms with van der Waals surface area (Å²) in [5.74, 6) is -2.18. The highest BCUT2D eigenvalue weighted by molar-refractivity contribution is 7.91. The molecule has 4 rings (SSSR count). The number of quaternary nitrogens is 1. The molecule has 35 heavy (non-hydrogen) atoms. The summed E-state index contributed by atoms with van der Waals surface area (Å²) in [6, 6.07) is 9.33. The number of alkyl halides is 3. The lowest BCUT2D eigenvalue weighted by atomic mass is 10.3. The maximum absolute atomic E-state index is 12.8. The van der Waals surface area contributed by atoms with Crippen LogP contribution < -0.4 is 15.3 Å². The number of carboxylic acid groups (broad SMARTS) is 1. The zero-order valence-electron chi connectivity index (χ0n) is 18.5. The van der Waals surface area contributed by atoms with Gasteiger partial charge in [-0.1, -0.05) is 6.07 Å². The number of halogens is 3. The Bertz CT molecular complexity index is 1330. The first kappa shape index (κ1) is 26.1. The van der Waals surface area contributed by atoms with E-state index in [0.29, 0.717) is 25.5 Å². The van der Waals surface area contributed by atoms with Crippen LogP contribution in [0.25, 0.3) is 5.52 Å². The average Bonchev–Trinajstić information content (AvgIpc) is 3.14. The molecule has 0 unspecified atom stereocenters. The van der Waals surface area contributed by atoms with Crippen LogP contribution in [0.15, 0.2) is 42.7 Å². The van der Waals surface area contributed by atoms with Gasteiger partial charge in [0.25, 0.3) is 5.91 Å². The molecule has 0 aliphatic carbocycles. The normalized spacial score (nSPS) is 15.8. The number of sulfone groups is 1. The van der Waals surface area contributed by atoms with Crippen LogP contribution in [0.5, 0.6) is 0 Å². The minimum Gasteiger partial charge on any atom is -0.542 e. The zero-order valence-corrected chi connectivity index (χ0v) is 19.3. The summed E-state index contributed by atoms with van der Waals surface area (Å²) in [6.45, 7) is 3.63. The van der Waals surface area contributed by atoms with Gasteiger partial charge in [0, 0.05) is 12.4 Å². The molecule has 1 fully saturated rings. The van der Waals surface area contributed by atoms with Gasteiger partial charge in [0.1, 0.15) is 24.0 Å². The van der Waals surface area contributed by atoms with Gasteiger partial charge in [-0.05, 0) is 36.8 Å². The SMILES string of the molecule is Cc1ccnc(NC(=O)c2nc(C[NH+]3CCS(=O)(=O)CC3)c3ccccn23)c1.O=C([O-])C(F)(F)F. The van der Waals surface area contributed by atoms with Crippen LogP contribution in [0.4, 0.5) is 19.0 Å². The van der Waals surface area contributed by atoms with Gasteiger partial charge in [-0.3, -0.25) is 9.20 Å². The van der Waals surface area contributed by atoms with E-state index in [4.69, 9.17) is 9.90 Å². The van der Waals surface area contributed by atoms with Gasteiger partial charge in [-0.15, -0.1) is 0 Å². The predicted octanol–water partition coefficient (Wildman–Crippen LogP) is -0.598. The highest BCUT2D eigenvalue weighted by Gasteiger charge is 2.29. The van der Waals surface area contributed by atoms with E-state index in [2.05, 4.69) is 15.3 Å². The second-order valence-corrected chi connectivity index (χ2v) is 10.2. The molecule has 0 bridgehead atoms. The Balaban J connectivity index is 0.000000429. The largest absolute Gasteiger partial charge is 0.542 e. The lowest BCUT2D eigenvalue weighted by Crippen LogP contribution is -3.13. The van der Waals surface area contributed by atoms with Crippen molar-refractivity contribution in [1.82, 2.24) is 14.4 Å². The average molecular weight is 513 g/mol. The molecule has 0 aromatic carbocycles. The highest BCUT2D eigenvalue weighted by Crippen LogP contribution is 2.15. The number of nitrogens with zero attached hydrogens (tertiary/aromatic N) is 3. The fourth-order valence-electron chi connectivity index (χ4n) is 3.41. The van der Waals surface area contributed by atoms with Crippen LogP contribution in [-0.4, -0.2) is 65.4 Å². The van der Waals surface area contributed by atoms with E-state index in [1.807, 2.05) is 31.2 Å². The van der Waals surface area contributed by atoms with E-state index in [1.165, 1.54) is 0 Å². The van der Waals surface area contributed by atoms with Gasteiger partial charge in [0.05, 0.1) is 30.1 Å². The van der Waals surface area contributed by atoms with Crippen LogP contribution in [0.2, 0.25) is 0 Å². The minimum atomic E-state index is -5.19. The summed E-state index contributed by atoms with van der Waals surface area (Å²) in [4.78, 5) is 31.5. The molecule has 10 nitrogen and oxygen atoms in total. The van der Waals surface area contributed by atoms with Gasteiger partial charge in [-0.2, -0.15) is 13.2 Å². The summed E-state index contributed by atoms with van der Waals surface area (Å²) < 4.78 is 56.6. The number of hydrogen-bond donors (Lipinski definition) is 2. The van der Waals surface area contributed by atoms with Crippen molar-refractivity contribution in [2.75, 3.05) is 29.9 Å². The summed E-state index contributed by atoms with van der Waals surface area (Å²) in [5, 5.41) is 11.6. The maximum Gasteiger partial charge on any atom is 0.430 e. The lowest BCUT2D eigenvalue weighted by molar-refractivity contribution is -0.910. The van der Waals surface area contributed by atoms with E-state index >= 15 is 0 Å². The zero-order chi connectivity index (χ0) is 25.8. The molecule has 1 aliphatic heterocycles. The molecule has 1 saturated heterocycles. The number of aliphatic carboxylic acids is 1. The van der Waals surface area contributed by atoms with E-state index < -0.39 is 22.0 Å². The number of carbonyl (C=O) groups excluding carboxylic acids is 2. The summed E-state index contributed by atoms with van der Waals surface area (Å²) in [5.41, 5.74) is 2.64. The smallest absolute Gasteiger partial charge is 0.430 e. The standard InChI is InChI=1S/C19H21N5O3S.C2HF3O2/c1-14-5-6-20-17(12-14)22-19(25)18-21-15(16-4-2-3-7-24(16)18)13-23-8-10-28(26,27)11-9-23;3-2(4,5)1(6)7/h2-7,12H,8-11,13H2,1H3,(H,20,22,25);(H,6,7). The van der Waals surface area contributed by atoms with Gasteiger partial charge < -0.3 is 20.1 Å². The predicted molar refractivity (Wildman–Crippen MR) is 116 cm³/mol. The number of aryl methyl sites for hydroxylation is 1. The number of amides is 1. The molecule has 2 N–H and O–H groups in total. The summed E-state index contributed by atoms with van der Waals surface area (Å²) >= 11 is 0. The van der Waals surface area contributed by atoms with Gasteiger partial charge >= 0.3 is 6.18 Å². The van der Waals surface area contributed by atoms with Gasteiger partial charge in [0.2, 0.25) is 5.82 Å². The highest BCUT2D eigenvalue weighted by atomic mass is 32.2. The molecular formula is C21H22F3N5O5S. The molecule has 1 amide bonds. The molecule has 0 spiro atoms. The number of nitrogens with one attached hydrogen (secondary N) is 2. The molecule has 0 saturated carbocycles. The van der Waals surface area contributed by atoms with Gasteiger partial charge in [0.15, 0.2) is 9.84 Å². The third kappa shape index (κ3) is 6.99. The van der Waals surface area contributed by atoms with Crippen molar-refractivity contribution in [3.63, 3.8) is 0 Å².